The Kier molecular flexibility index (Phi) is 3.41. The zero-order valence-corrected chi connectivity index (χ0v) is 11.1. The zero-order valence-electron chi connectivity index (χ0n) is 11.1. The van der Waals surface area contributed by atoms with E-state index in [4.69, 9.17) is 5.73 Å². The summed E-state index contributed by atoms with van der Waals surface area (Å²) in [5, 5.41) is 0. The Balaban J connectivity index is 2.27. The molecule has 0 bridgehead atoms. The summed E-state index contributed by atoms with van der Waals surface area (Å²) in [5.41, 5.74) is 9.22. The van der Waals surface area contributed by atoms with E-state index in [2.05, 4.69) is 19.9 Å². The monoisotopic (exact) mass is 233 g/mol. The molecule has 94 valence electrons. The van der Waals surface area contributed by atoms with Gasteiger partial charge in [-0.2, -0.15) is 0 Å². The van der Waals surface area contributed by atoms with Gasteiger partial charge in [0.05, 0.1) is 0 Å². The van der Waals surface area contributed by atoms with Crippen LogP contribution in [0.1, 0.15) is 46.5 Å². The van der Waals surface area contributed by atoms with Gasteiger partial charge < -0.3 is 5.73 Å². The first-order valence-electron chi connectivity index (χ1n) is 6.68. The van der Waals surface area contributed by atoms with Crippen molar-refractivity contribution in [3.63, 3.8) is 0 Å². The van der Waals surface area contributed by atoms with Crippen LogP contribution in [0.4, 0.5) is 0 Å². The van der Waals surface area contributed by atoms with Gasteiger partial charge in [-0.25, -0.2) is 0 Å². The van der Waals surface area contributed by atoms with E-state index in [-0.39, 0.29) is 5.91 Å². The lowest BCUT2D eigenvalue weighted by Gasteiger charge is -2.34. The highest BCUT2D eigenvalue weighted by atomic mass is 16.1. The Hall–Kier alpha value is -1.05. The van der Waals surface area contributed by atoms with E-state index in [1.807, 2.05) is 6.92 Å². The summed E-state index contributed by atoms with van der Waals surface area (Å²) in [4.78, 5) is 11.1. The summed E-state index contributed by atoms with van der Waals surface area (Å²) in [6.45, 7) is 6.46. The first kappa shape index (κ1) is 12.4. The molecule has 1 saturated carbocycles. The van der Waals surface area contributed by atoms with Gasteiger partial charge in [-0.15, -0.1) is 0 Å². The number of fused-ring (bicyclic) bond motifs is 1. The van der Waals surface area contributed by atoms with Crippen molar-refractivity contribution in [1.82, 2.24) is 0 Å². The number of hydrogen-bond donors (Lipinski definition) is 1. The van der Waals surface area contributed by atoms with Crippen LogP contribution in [0.5, 0.6) is 0 Å². The minimum atomic E-state index is -0.281. The molecule has 0 saturated heterocycles. The number of rotatable bonds is 2. The SMILES string of the molecule is CC(=C[C@@H]1CC[C@@H](C)[C@H]2CCC(C)=C12)C(N)=O. The minimum absolute atomic E-state index is 0.281. The lowest BCUT2D eigenvalue weighted by molar-refractivity contribution is -0.114. The predicted molar refractivity (Wildman–Crippen MR) is 70.3 cm³/mol. The van der Waals surface area contributed by atoms with Gasteiger partial charge in [0.25, 0.3) is 0 Å². The maximum Gasteiger partial charge on any atom is 0.244 e. The molecule has 1 fully saturated rings. The average molecular weight is 233 g/mol. The summed E-state index contributed by atoms with van der Waals surface area (Å²) in [6, 6.07) is 0. The van der Waals surface area contributed by atoms with Crippen molar-refractivity contribution >= 4 is 5.91 Å². The van der Waals surface area contributed by atoms with Gasteiger partial charge in [0.2, 0.25) is 5.91 Å². The molecule has 0 aromatic rings. The van der Waals surface area contributed by atoms with Crippen LogP contribution in [-0.4, -0.2) is 5.91 Å². The Morgan fingerprint density at radius 2 is 2.06 bits per heavy atom. The molecule has 0 heterocycles. The van der Waals surface area contributed by atoms with Gasteiger partial charge in [-0.05, 0) is 57.3 Å². The summed E-state index contributed by atoms with van der Waals surface area (Å²) < 4.78 is 0. The number of hydrogen-bond acceptors (Lipinski definition) is 1. The van der Waals surface area contributed by atoms with Crippen LogP contribution in [0.25, 0.3) is 0 Å². The Morgan fingerprint density at radius 3 is 2.71 bits per heavy atom. The van der Waals surface area contributed by atoms with E-state index in [0.29, 0.717) is 5.92 Å². The largest absolute Gasteiger partial charge is 0.366 e. The van der Waals surface area contributed by atoms with E-state index in [0.717, 1.165) is 17.4 Å². The van der Waals surface area contributed by atoms with E-state index in [9.17, 15) is 4.79 Å². The zero-order chi connectivity index (χ0) is 12.6. The molecule has 0 aliphatic heterocycles. The molecule has 17 heavy (non-hydrogen) atoms. The van der Waals surface area contributed by atoms with Crippen LogP contribution in [0, 0.1) is 17.8 Å². The molecular formula is C15H23NO. The van der Waals surface area contributed by atoms with Gasteiger partial charge in [-0.1, -0.05) is 24.1 Å². The fourth-order valence-corrected chi connectivity index (χ4v) is 3.53. The van der Waals surface area contributed by atoms with E-state index in [1.165, 1.54) is 25.7 Å². The molecule has 2 heteroatoms. The fourth-order valence-electron chi connectivity index (χ4n) is 3.53. The summed E-state index contributed by atoms with van der Waals surface area (Å²) >= 11 is 0. The molecule has 2 aliphatic rings. The number of amides is 1. The third-order valence-corrected chi connectivity index (χ3v) is 4.58. The number of allylic oxidation sites excluding steroid dienone is 3. The lowest BCUT2D eigenvalue weighted by atomic mass is 9.71. The minimum Gasteiger partial charge on any atom is -0.366 e. The molecule has 2 N–H and O–H groups in total. The Labute approximate surface area is 104 Å². The topological polar surface area (TPSA) is 43.1 Å². The molecule has 0 unspecified atom stereocenters. The first-order valence-corrected chi connectivity index (χ1v) is 6.68. The van der Waals surface area contributed by atoms with E-state index >= 15 is 0 Å². The van der Waals surface area contributed by atoms with Gasteiger partial charge in [0.15, 0.2) is 0 Å². The van der Waals surface area contributed by atoms with Gasteiger partial charge in [0.1, 0.15) is 0 Å². The van der Waals surface area contributed by atoms with Crippen LogP contribution in [-0.2, 0) is 4.79 Å². The maximum absolute atomic E-state index is 11.1. The van der Waals surface area contributed by atoms with Crippen molar-refractivity contribution in [2.75, 3.05) is 0 Å². The van der Waals surface area contributed by atoms with Crippen LogP contribution >= 0.6 is 0 Å². The molecule has 1 amide bonds. The Morgan fingerprint density at radius 1 is 1.35 bits per heavy atom. The van der Waals surface area contributed by atoms with E-state index < -0.39 is 0 Å². The predicted octanol–water partition coefficient (Wildman–Crippen LogP) is 3.19. The van der Waals surface area contributed by atoms with Crippen molar-refractivity contribution < 1.29 is 4.79 Å². The van der Waals surface area contributed by atoms with Gasteiger partial charge in [-0.3, -0.25) is 4.79 Å². The molecule has 2 rings (SSSR count). The number of primary amides is 1. The molecule has 0 spiro atoms. The second-order valence-corrected chi connectivity index (χ2v) is 5.76. The van der Waals surface area contributed by atoms with Crippen LogP contribution in [0.2, 0.25) is 0 Å². The molecule has 0 radical (unpaired) electrons. The highest BCUT2D eigenvalue weighted by Gasteiger charge is 2.35. The van der Waals surface area contributed by atoms with Crippen molar-refractivity contribution in [3.8, 4) is 0 Å². The maximum atomic E-state index is 11.1. The number of carbonyl (C=O) groups excluding carboxylic acids is 1. The number of nitrogens with two attached hydrogens (primary N) is 1. The quantitative estimate of drug-likeness (QED) is 0.577. The second-order valence-electron chi connectivity index (χ2n) is 5.76. The Bertz CT molecular complexity index is 392. The van der Waals surface area contributed by atoms with Crippen LogP contribution in [0.3, 0.4) is 0 Å². The van der Waals surface area contributed by atoms with Gasteiger partial charge in [0, 0.05) is 5.57 Å². The smallest absolute Gasteiger partial charge is 0.244 e. The first-order chi connectivity index (χ1) is 8.00. The highest BCUT2D eigenvalue weighted by molar-refractivity contribution is 5.91. The highest BCUT2D eigenvalue weighted by Crippen LogP contribution is 2.48. The summed E-state index contributed by atoms with van der Waals surface area (Å²) in [5.74, 6) is 1.74. The van der Waals surface area contributed by atoms with Crippen molar-refractivity contribution in [1.29, 1.82) is 0 Å². The fraction of sp³-hybridized carbons (Fsp3) is 0.667. The van der Waals surface area contributed by atoms with Gasteiger partial charge >= 0.3 is 0 Å². The van der Waals surface area contributed by atoms with Crippen LogP contribution < -0.4 is 5.73 Å². The van der Waals surface area contributed by atoms with Crippen LogP contribution in [0.15, 0.2) is 22.8 Å². The third-order valence-electron chi connectivity index (χ3n) is 4.58. The molecule has 3 atom stereocenters. The molecular weight excluding hydrogens is 210 g/mol. The van der Waals surface area contributed by atoms with Crippen molar-refractivity contribution in [3.05, 3.63) is 22.8 Å². The normalized spacial score (nSPS) is 33.8. The molecule has 2 aliphatic carbocycles. The molecule has 2 nitrogen and oxygen atoms in total. The standard InChI is InChI=1S/C15H23NO/c1-9-4-6-12(8-11(3)15(16)17)14-10(2)5-7-13(9)14/h8-9,12-13H,4-7H2,1-3H3,(H2,16,17)/t9-,12+,13-/m1/s1. The molecule has 0 aromatic carbocycles. The average Bonchev–Trinajstić information content (AvgIpc) is 2.66. The third kappa shape index (κ3) is 2.31. The summed E-state index contributed by atoms with van der Waals surface area (Å²) in [6.07, 6.45) is 7.10. The summed E-state index contributed by atoms with van der Waals surface area (Å²) in [7, 11) is 0. The van der Waals surface area contributed by atoms with E-state index in [1.54, 1.807) is 11.1 Å². The number of carbonyl (C=O) groups is 1. The van der Waals surface area contributed by atoms with Crippen molar-refractivity contribution in [2.24, 2.45) is 23.5 Å². The van der Waals surface area contributed by atoms with Crippen molar-refractivity contribution in [2.45, 2.75) is 46.5 Å². The lowest BCUT2D eigenvalue weighted by Crippen LogP contribution is -2.24. The molecule has 0 aromatic heterocycles. The second kappa shape index (κ2) is 4.67.